The maximum atomic E-state index is 13.2. The second-order valence-electron chi connectivity index (χ2n) is 7.84. The van der Waals surface area contributed by atoms with Gasteiger partial charge in [-0.05, 0) is 36.8 Å². The SMILES string of the molecule is CCCCOc1ccc(-c2nc3s/c(=C4\C(=O)N(CC(N)=O)c5ccccc54)c(=O)n3n2)cc1. The monoisotopic (exact) mass is 475 g/mol. The Morgan fingerprint density at radius 3 is 2.59 bits per heavy atom. The molecule has 0 saturated heterocycles. The third kappa shape index (κ3) is 3.71. The first-order valence-corrected chi connectivity index (χ1v) is 11.7. The number of hydrogen-bond acceptors (Lipinski definition) is 7. The van der Waals surface area contributed by atoms with Gasteiger partial charge in [-0.15, -0.1) is 5.10 Å². The molecule has 0 bridgehead atoms. The summed E-state index contributed by atoms with van der Waals surface area (Å²) in [6.07, 6.45) is 2.05. The van der Waals surface area contributed by atoms with Gasteiger partial charge in [0.15, 0.2) is 5.82 Å². The Balaban J connectivity index is 1.54. The van der Waals surface area contributed by atoms with Gasteiger partial charge in [0.05, 0.1) is 17.9 Å². The molecule has 2 amide bonds. The van der Waals surface area contributed by atoms with Crippen LogP contribution in [0.3, 0.4) is 0 Å². The molecule has 10 heteroatoms. The molecule has 3 heterocycles. The van der Waals surface area contributed by atoms with Gasteiger partial charge < -0.3 is 10.5 Å². The van der Waals surface area contributed by atoms with Crippen molar-refractivity contribution < 1.29 is 14.3 Å². The number of amides is 2. The van der Waals surface area contributed by atoms with Crippen molar-refractivity contribution in [3.05, 3.63) is 69.0 Å². The minimum absolute atomic E-state index is 0.227. The van der Waals surface area contributed by atoms with Crippen LogP contribution in [0.25, 0.3) is 21.9 Å². The zero-order valence-electron chi connectivity index (χ0n) is 18.4. The number of nitrogens with two attached hydrogens (primary N) is 1. The quantitative estimate of drug-likeness (QED) is 0.407. The number of benzene rings is 2. The molecule has 4 aromatic rings. The number of rotatable bonds is 7. The molecule has 1 aliphatic rings. The number of para-hydroxylation sites is 1. The summed E-state index contributed by atoms with van der Waals surface area (Å²) < 4.78 is 7.12. The largest absolute Gasteiger partial charge is 0.494 e. The summed E-state index contributed by atoms with van der Waals surface area (Å²) in [5.74, 6) is 0.0928. The van der Waals surface area contributed by atoms with Crippen LogP contribution >= 0.6 is 11.3 Å². The molecule has 0 saturated carbocycles. The number of primary amides is 1. The van der Waals surface area contributed by atoms with Gasteiger partial charge in [0.1, 0.15) is 16.8 Å². The fourth-order valence-corrected chi connectivity index (χ4v) is 4.85. The Morgan fingerprint density at radius 1 is 1.12 bits per heavy atom. The zero-order chi connectivity index (χ0) is 23.8. The molecule has 2 aromatic carbocycles. The molecule has 172 valence electrons. The van der Waals surface area contributed by atoms with Crippen LogP contribution in [-0.2, 0) is 9.59 Å². The maximum Gasteiger partial charge on any atom is 0.291 e. The van der Waals surface area contributed by atoms with Crippen LogP contribution in [0.2, 0.25) is 0 Å². The summed E-state index contributed by atoms with van der Waals surface area (Å²) in [5.41, 5.74) is 7.00. The van der Waals surface area contributed by atoms with Crippen molar-refractivity contribution in [1.29, 1.82) is 0 Å². The summed E-state index contributed by atoms with van der Waals surface area (Å²) in [4.78, 5) is 44.0. The van der Waals surface area contributed by atoms with Gasteiger partial charge in [0.25, 0.3) is 11.5 Å². The Bertz CT molecular complexity index is 1520. The molecule has 9 nitrogen and oxygen atoms in total. The number of ether oxygens (including phenoxy) is 1. The van der Waals surface area contributed by atoms with Crippen LogP contribution in [-0.4, -0.2) is 39.6 Å². The summed E-state index contributed by atoms with van der Waals surface area (Å²) >= 11 is 1.09. The van der Waals surface area contributed by atoms with Gasteiger partial charge in [-0.25, -0.2) is 0 Å². The van der Waals surface area contributed by atoms with Gasteiger partial charge in [-0.1, -0.05) is 42.9 Å². The molecule has 5 rings (SSSR count). The van der Waals surface area contributed by atoms with E-state index in [4.69, 9.17) is 10.5 Å². The predicted octanol–water partition coefficient (Wildman–Crippen LogP) is 1.75. The van der Waals surface area contributed by atoms with Gasteiger partial charge in [-0.2, -0.15) is 9.50 Å². The Labute approximate surface area is 198 Å². The van der Waals surface area contributed by atoms with E-state index in [1.165, 1.54) is 9.42 Å². The maximum absolute atomic E-state index is 13.2. The lowest BCUT2D eigenvalue weighted by Crippen LogP contribution is -2.37. The highest BCUT2D eigenvalue weighted by atomic mass is 32.1. The number of unbranched alkanes of at least 4 members (excludes halogenated alkanes) is 1. The molecule has 34 heavy (non-hydrogen) atoms. The number of carbonyl (C=O) groups excluding carboxylic acids is 2. The van der Waals surface area contributed by atoms with Crippen LogP contribution in [0.15, 0.2) is 53.3 Å². The van der Waals surface area contributed by atoms with Gasteiger partial charge in [-0.3, -0.25) is 19.3 Å². The van der Waals surface area contributed by atoms with E-state index >= 15 is 0 Å². The average molecular weight is 476 g/mol. The van der Waals surface area contributed by atoms with E-state index in [1.54, 1.807) is 24.3 Å². The Morgan fingerprint density at radius 2 is 1.88 bits per heavy atom. The van der Waals surface area contributed by atoms with Crippen LogP contribution < -0.4 is 25.5 Å². The van der Waals surface area contributed by atoms with Crippen LogP contribution in [0, 0.1) is 0 Å². The third-order valence-electron chi connectivity index (χ3n) is 5.50. The lowest BCUT2D eigenvalue weighted by molar-refractivity contribution is -0.119. The summed E-state index contributed by atoms with van der Waals surface area (Å²) in [6, 6.07) is 14.4. The number of fused-ring (bicyclic) bond motifs is 2. The number of aromatic nitrogens is 3. The second-order valence-corrected chi connectivity index (χ2v) is 8.82. The van der Waals surface area contributed by atoms with E-state index in [1.807, 2.05) is 24.3 Å². The number of hydrogen-bond donors (Lipinski definition) is 1. The smallest absolute Gasteiger partial charge is 0.291 e. The van der Waals surface area contributed by atoms with Crippen molar-refractivity contribution in [3.63, 3.8) is 0 Å². The first-order valence-electron chi connectivity index (χ1n) is 10.8. The standard InChI is InChI=1S/C24H21N5O4S/c1-2-3-12-33-15-10-8-14(9-11-15)21-26-24-29(27-21)23(32)20(34-24)19-16-6-4-5-7-17(16)28(22(19)31)13-18(25)30/h4-11H,2-3,12-13H2,1H3,(H2,25,30)/b20-19-. The molecule has 0 aliphatic carbocycles. The minimum atomic E-state index is -0.638. The predicted molar refractivity (Wildman–Crippen MR) is 129 cm³/mol. The highest BCUT2D eigenvalue weighted by Crippen LogP contribution is 2.35. The van der Waals surface area contributed by atoms with Crippen LogP contribution in [0.1, 0.15) is 25.3 Å². The number of nitrogens with zero attached hydrogens (tertiary/aromatic N) is 4. The second kappa shape index (κ2) is 8.71. The van der Waals surface area contributed by atoms with Gasteiger partial charge in [0.2, 0.25) is 10.9 Å². The van der Waals surface area contributed by atoms with E-state index < -0.39 is 17.4 Å². The van der Waals surface area contributed by atoms with Crippen LogP contribution in [0.5, 0.6) is 5.75 Å². The molecular formula is C24H21N5O4S. The molecule has 1 aliphatic heterocycles. The van der Waals surface area contributed by atoms with E-state index in [0.29, 0.717) is 28.6 Å². The number of carbonyl (C=O) groups is 2. The molecule has 0 fully saturated rings. The molecule has 0 radical (unpaired) electrons. The van der Waals surface area contributed by atoms with Crippen LogP contribution in [0.4, 0.5) is 5.69 Å². The molecule has 2 N–H and O–H groups in total. The third-order valence-corrected chi connectivity index (χ3v) is 6.53. The number of anilines is 1. The normalized spacial score (nSPS) is 14.6. The van der Waals surface area contributed by atoms with E-state index in [-0.39, 0.29) is 16.7 Å². The first-order chi connectivity index (χ1) is 16.5. The van der Waals surface area contributed by atoms with Crippen molar-refractivity contribution in [1.82, 2.24) is 14.6 Å². The van der Waals surface area contributed by atoms with Gasteiger partial charge in [0, 0.05) is 11.1 Å². The lowest BCUT2D eigenvalue weighted by Gasteiger charge is -2.14. The van der Waals surface area contributed by atoms with E-state index in [2.05, 4.69) is 17.0 Å². The zero-order valence-corrected chi connectivity index (χ0v) is 19.2. The fourth-order valence-electron chi connectivity index (χ4n) is 3.85. The summed E-state index contributed by atoms with van der Waals surface area (Å²) in [5, 5.41) is 4.38. The molecule has 2 aromatic heterocycles. The van der Waals surface area contributed by atoms with Gasteiger partial charge >= 0.3 is 0 Å². The van der Waals surface area contributed by atoms with E-state index in [0.717, 1.165) is 35.5 Å². The molecule has 0 unspecified atom stereocenters. The lowest BCUT2D eigenvalue weighted by atomic mass is 10.1. The fraction of sp³-hybridized carbons (Fsp3) is 0.208. The van der Waals surface area contributed by atoms with Crippen molar-refractivity contribution in [2.45, 2.75) is 19.8 Å². The Kier molecular flexibility index (Phi) is 5.58. The highest BCUT2D eigenvalue weighted by Gasteiger charge is 2.35. The average Bonchev–Trinajstić information content (AvgIpc) is 3.46. The van der Waals surface area contributed by atoms with E-state index in [9.17, 15) is 14.4 Å². The van der Waals surface area contributed by atoms with Crippen molar-refractivity contribution in [2.75, 3.05) is 18.1 Å². The molecule has 0 atom stereocenters. The molecular weight excluding hydrogens is 454 g/mol. The molecule has 0 spiro atoms. The van der Waals surface area contributed by atoms with Crippen molar-refractivity contribution in [3.8, 4) is 17.1 Å². The number of thiazole rings is 1. The first kappa shape index (κ1) is 21.8. The van der Waals surface area contributed by atoms with Crippen molar-refractivity contribution in [2.24, 2.45) is 5.73 Å². The Hall–Kier alpha value is -4.05. The minimum Gasteiger partial charge on any atom is -0.494 e. The highest BCUT2D eigenvalue weighted by molar-refractivity contribution is 7.15. The van der Waals surface area contributed by atoms with Crippen molar-refractivity contribution >= 4 is 39.4 Å². The topological polar surface area (TPSA) is 120 Å². The summed E-state index contributed by atoms with van der Waals surface area (Å²) in [7, 11) is 0. The summed E-state index contributed by atoms with van der Waals surface area (Å²) in [6.45, 7) is 2.50.